The van der Waals surface area contributed by atoms with Gasteiger partial charge in [-0.1, -0.05) is 17.4 Å². The molecular formula is C8H10N2O2S. The van der Waals surface area contributed by atoms with Crippen LogP contribution in [0.4, 0.5) is 5.13 Å². The molecule has 0 aromatic carbocycles. The molecular weight excluding hydrogens is 188 g/mol. The number of aryl methyl sites for hydroxylation is 1. The number of carbonyl (C=O) groups is 1. The summed E-state index contributed by atoms with van der Waals surface area (Å²) >= 11 is 1.35. The van der Waals surface area contributed by atoms with Crippen molar-refractivity contribution in [2.24, 2.45) is 0 Å². The van der Waals surface area contributed by atoms with E-state index in [-0.39, 0.29) is 6.42 Å². The van der Waals surface area contributed by atoms with E-state index in [0.717, 1.165) is 10.6 Å². The van der Waals surface area contributed by atoms with Crippen LogP contribution in [0.3, 0.4) is 0 Å². The molecule has 0 unspecified atom stereocenters. The molecule has 0 aliphatic rings. The minimum absolute atomic E-state index is 0.0250. The number of nitrogens with zero attached hydrogens (tertiary/aromatic N) is 1. The summed E-state index contributed by atoms with van der Waals surface area (Å²) in [6.07, 6.45) is 3.34. The van der Waals surface area contributed by atoms with Crippen LogP contribution in [-0.4, -0.2) is 16.1 Å². The SMILES string of the molecule is Cc1nc(N)sc1C=CCC(=O)O. The number of carboxylic acids is 1. The first-order valence-corrected chi connectivity index (χ1v) is 4.52. The topological polar surface area (TPSA) is 76.2 Å². The average molecular weight is 198 g/mol. The van der Waals surface area contributed by atoms with E-state index in [1.54, 1.807) is 12.2 Å². The molecule has 1 aromatic rings. The highest BCUT2D eigenvalue weighted by Crippen LogP contribution is 2.20. The predicted molar refractivity (Wildman–Crippen MR) is 52.6 cm³/mol. The fourth-order valence-electron chi connectivity index (χ4n) is 0.851. The van der Waals surface area contributed by atoms with Gasteiger partial charge in [0.05, 0.1) is 17.0 Å². The summed E-state index contributed by atoms with van der Waals surface area (Å²) < 4.78 is 0. The molecule has 5 heteroatoms. The molecule has 0 spiro atoms. The summed E-state index contributed by atoms with van der Waals surface area (Å²) in [4.78, 5) is 15.1. The molecule has 13 heavy (non-hydrogen) atoms. The third kappa shape index (κ3) is 2.87. The van der Waals surface area contributed by atoms with Gasteiger partial charge >= 0.3 is 5.97 Å². The zero-order valence-electron chi connectivity index (χ0n) is 7.15. The van der Waals surface area contributed by atoms with E-state index in [0.29, 0.717) is 5.13 Å². The maximum absolute atomic E-state index is 10.2. The Morgan fingerprint density at radius 1 is 1.77 bits per heavy atom. The second-order valence-corrected chi connectivity index (χ2v) is 3.56. The third-order valence-corrected chi connectivity index (χ3v) is 2.36. The number of hydrogen-bond acceptors (Lipinski definition) is 4. The Morgan fingerprint density at radius 3 is 2.92 bits per heavy atom. The first kappa shape index (κ1) is 9.73. The molecule has 0 bridgehead atoms. The molecule has 0 amide bonds. The lowest BCUT2D eigenvalue weighted by atomic mass is 10.3. The number of nitrogen functional groups attached to an aromatic ring is 1. The van der Waals surface area contributed by atoms with Crippen LogP contribution in [0.2, 0.25) is 0 Å². The lowest BCUT2D eigenvalue weighted by Gasteiger charge is -1.86. The number of nitrogens with two attached hydrogens (primary N) is 1. The number of anilines is 1. The molecule has 0 aliphatic carbocycles. The Hall–Kier alpha value is -1.36. The van der Waals surface area contributed by atoms with Crippen LogP contribution < -0.4 is 5.73 Å². The van der Waals surface area contributed by atoms with Crippen molar-refractivity contribution < 1.29 is 9.90 Å². The first-order valence-electron chi connectivity index (χ1n) is 3.71. The average Bonchev–Trinajstić information content (AvgIpc) is 2.29. The predicted octanol–water partition coefficient (Wildman–Crippen LogP) is 1.52. The van der Waals surface area contributed by atoms with Crippen molar-refractivity contribution in [3.63, 3.8) is 0 Å². The van der Waals surface area contributed by atoms with Gasteiger partial charge < -0.3 is 10.8 Å². The van der Waals surface area contributed by atoms with E-state index in [9.17, 15) is 4.79 Å². The first-order chi connectivity index (χ1) is 6.09. The van der Waals surface area contributed by atoms with Gasteiger partial charge in [-0.25, -0.2) is 4.98 Å². The molecule has 1 rings (SSSR count). The summed E-state index contributed by atoms with van der Waals surface area (Å²) in [5, 5.41) is 8.88. The summed E-state index contributed by atoms with van der Waals surface area (Å²) in [6.45, 7) is 1.84. The van der Waals surface area contributed by atoms with Crippen molar-refractivity contribution in [1.82, 2.24) is 4.98 Å². The smallest absolute Gasteiger partial charge is 0.307 e. The van der Waals surface area contributed by atoms with Crippen LogP contribution in [0.5, 0.6) is 0 Å². The van der Waals surface area contributed by atoms with E-state index in [1.807, 2.05) is 6.92 Å². The molecule has 0 saturated heterocycles. The van der Waals surface area contributed by atoms with Gasteiger partial charge in [-0.3, -0.25) is 4.79 Å². The molecule has 0 saturated carbocycles. The summed E-state index contributed by atoms with van der Waals surface area (Å²) in [5.74, 6) is -0.841. The maximum atomic E-state index is 10.2. The second-order valence-electron chi connectivity index (χ2n) is 2.50. The molecule has 1 aromatic heterocycles. The standard InChI is InChI=1S/C8H10N2O2S/c1-5-6(13-8(9)10-5)3-2-4-7(11)12/h2-3H,4H2,1H3,(H2,9,10)(H,11,12). The Bertz CT molecular complexity index is 344. The molecule has 4 nitrogen and oxygen atoms in total. The largest absolute Gasteiger partial charge is 0.481 e. The highest BCUT2D eigenvalue weighted by atomic mass is 32.1. The lowest BCUT2D eigenvalue weighted by molar-refractivity contribution is -0.135. The van der Waals surface area contributed by atoms with Crippen LogP contribution in [-0.2, 0) is 4.79 Å². The van der Waals surface area contributed by atoms with E-state index in [1.165, 1.54) is 11.3 Å². The van der Waals surface area contributed by atoms with Gasteiger partial charge in [0.25, 0.3) is 0 Å². The normalized spacial score (nSPS) is 10.8. The van der Waals surface area contributed by atoms with Crippen molar-refractivity contribution in [3.05, 3.63) is 16.6 Å². The number of thiazole rings is 1. The molecule has 3 N–H and O–H groups in total. The maximum Gasteiger partial charge on any atom is 0.307 e. The summed E-state index contributed by atoms with van der Waals surface area (Å²) in [7, 11) is 0. The lowest BCUT2D eigenvalue weighted by Crippen LogP contribution is -1.89. The highest BCUT2D eigenvalue weighted by Gasteiger charge is 2.00. The van der Waals surface area contributed by atoms with E-state index >= 15 is 0 Å². The Balaban J connectivity index is 2.68. The summed E-state index contributed by atoms with van der Waals surface area (Å²) in [5.41, 5.74) is 6.31. The van der Waals surface area contributed by atoms with Gasteiger partial charge in [0, 0.05) is 0 Å². The third-order valence-electron chi connectivity index (χ3n) is 1.41. The van der Waals surface area contributed by atoms with Crippen LogP contribution in [0.15, 0.2) is 6.08 Å². The van der Waals surface area contributed by atoms with Crippen molar-refractivity contribution in [3.8, 4) is 0 Å². The van der Waals surface area contributed by atoms with Gasteiger partial charge in [0.15, 0.2) is 5.13 Å². The Kier molecular flexibility index (Phi) is 3.02. The van der Waals surface area contributed by atoms with Crippen LogP contribution in [0.1, 0.15) is 17.0 Å². The van der Waals surface area contributed by atoms with Gasteiger partial charge in [0.1, 0.15) is 0 Å². The molecule has 1 heterocycles. The van der Waals surface area contributed by atoms with Crippen molar-refractivity contribution in [2.75, 3.05) is 5.73 Å². The van der Waals surface area contributed by atoms with Gasteiger partial charge in [-0.05, 0) is 13.0 Å². The highest BCUT2D eigenvalue weighted by molar-refractivity contribution is 7.16. The van der Waals surface area contributed by atoms with Crippen LogP contribution >= 0.6 is 11.3 Å². The zero-order valence-corrected chi connectivity index (χ0v) is 7.97. The van der Waals surface area contributed by atoms with Gasteiger partial charge in [0.2, 0.25) is 0 Å². The minimum Gasteiger partial charge on any atom is -0.481 e. The van der Waals surface area contributed by atoms with E-state index in [4.69, 9.17) is 10.8 Å². The van der Waals surface area contributed by atoms with E-state index in [2.05, 4.69) is 4.98 Å². The van der Waals surface area contributed by atoms with E-state index < -0.39 is 5.97 Å². The second kappa shape index (κ2) is 4.04. The fourth-order valence-corrected chi connectivity index (χ4v) is 1.62. The van der Waals surface area contributed by atoms with Crippen molar-refractivity contribution in [2.45, 2.75) is 13.3 Å². The minimum atomic E-state index is -0.841. The molecule has 0 fully saturated rings. The van der Waals surface area contributed by atoms with Gasteiger partial charge in [-0.15, -0.1) is 0 Å². The Morgan fingerprint density at radius 2 is 2.46 bits per heavy atom. The molecule has 0 aliphatic heterocycles. The fraction of sp³-hybridized carbons (Fsp3) is 0.250. The molecule has 0 radical (unpaired) electrons. The number of aliphatic carboxylic acids is 1. The quantitative estimate of drug-likeness (QED) is 0.772. The van der Waals surface area contributed by atoms with Crippen LogP contribution in [0.25, 0.3) is 6.08 Å². The molecule has 0 atom stereocenters. The number of carboxylic acid groups (broad SMARTS) is 1. The van der Waals surface area contributed by atoms with Crippen LogP contribution in [0, 0.1) is 6.92 Å². The zero-order chi connectivity index (χ0) is 9.84. The number of rotatable bonds is 3. The monoisotopic (exact) mass is 198 g/mol. The Labute approximate surface area is 79.7 Å². The van der Waals surface area contributed by atoms with Gasteiger partial charge in [-0.2, -0.15) is 0 Å². The molecule has 70 valence electrons. The summed E-state index contributed by atoms with van der Waals surface area (Å²) in [6, 6.07) is 0. The van der Waals surface area contributed by atoms with Crippen molar-refractivity contribution in [1.29, 1.82) is 0 Å². The van der Waals surface area contributed by atoms with Crippen molar-refractivity contribution >= 4 is 28.5 Å². The number of aromatic nitrogens is 1. The number of hydrogen-bond donors (Lipinski definition) is 2.